The Morgan fingerprint density at radius 3 is 2.79 bits per heavy atom. The number of hydrogen-bond donors (Lipinski definition) is 0. The fourth-order valence-corrected chi connectivity index (χ4v) is 4.38. The minimum Gasteiger partial charge on any atom is -0.378 e. The second-order valence-corrected chi connectivity index (χ2v) is 7.48. The predicted molar refractivity (Wildman–Crippen MR) is 107 cm³/mol. The number of aromatic nitrogens is 3. The number of benzene rings is 1. The number of ether oxygens (including phenoxy) is 1. The number of hydrogen-bond acceptors (Lipinski definition) is 5. The smallest absolute Gasteiger partial charge is 0.179 e. The molecule has 2 aliphatic rings. The highest BCUT2D eigenvalue weighted by Gasteiger charge is 2.25. The molecular formula is C21H24FN5O. The van der Waals surface area contributed by atoms with Gasteiger partial charge in [0.2, 0.25) is 0 Å². The fraction of sp³-hybridized carbons (Fsp3) is 0.429. The van der Waals surface area contributed by atoms with E-state index in [9.17, 15) is 4.39 Å². The number of halogens is 1. The Kier molecular flexibility index (Phi) is 4.60. The molecule has 7 heteroatoms. The molecule has 0 N–H and O–H groups in total. The van der Waals surface area contributed by atoms with Crippen molar-refractivity contribution >= 4 is 22.5 Å². The summed E-state index contributed by atoms with van der Waals surface area (Å²) in [7, 11) is 0. The van der Waals surface area contributed by atoms with E-state index in [4.69, 9.17) is 4.74 Å². The molecule has 3 aromatic rings. The third-order valence-electron chi connectivity index (χ3n) is 5.76. The van der Waals surface area contributed by atoms with E-state index in [-0.39, 0.29) is 11.9 Å². The summed E-state index contributed by atoms with van der Waals surface area (Å²) in [5, 5.41) is 0. The SMILES string of the molecule is Fc1cccc(N2CCCC(n3cnc4nccc(N5CCOCC5)c43)C2)c1. The molecule has 0 bridgehead atoms. The molecule has 6 nitrogen and oxygen atoms in total. The van der Waals surface area contributed by atoms with Gasteiger partial charge in [-0.2, -0.15) is 0 Å². The fourth-order valence-electron chi connectivity index (χ4n) is 4.38. The van der Waals surface area contributed by atoms with Crippen molar-refractivity contribution in [1.29, 1.82) is 0 Å². The molecule has 0 radical (unpaired) electrons. The second-order valence-electron chi connectivity index (χ2n) is 7.48. The summed E-state index contributed by atoms with van der Waals surface area (Å²) in [6.07, 6.45) is 5.90. The van der Waals surface area contributed by atoms with Gasteiger partial charge in [-0.15, -0.1) is 0 Å². The highest BCUT2D eigenvalue weighted by atomic mass is 19.1. The van der Waals surface area contributed by atoms with Crippen LogP contribution in [-0.2, 0) is 4.74 Å². The minimum atomic E-state index is -0.188. The summed E-state index contributed by atoms with van der Waals surface area (Å²) in [5.41, 5.74) is 4.00. The Balaban J connectivity index is 1.48. The van der Waals surface area contributed by atoms with Gasteiger partial charge in [0, 0.05) is 38.1 Å². The molecule has 0 aliphatic carbocycles. The quantitative estimate of drug-likeness (QED) is 0.697. The van der Waals surface area contributed by atoms with Crippen LogP contribution in [-0.4, -0.2) is 53.9 Å². The molecule has 2 aromatic heterocycles. The molecule has 28 heavy (non-hydrogen) atoms. The van der Waals surface area contributed by atoms with Gasteiger partial charge < -0.3 is 19.1 Å². The maximum absolute atomic E-state index is 13.7. The number of pyridine rings is 1. The topological polar surface area (TPSA) is 46.4 Å². The van der Waals surface area contributed by atoms with Crippen LogP contribution >= 0.6 is 0 Å². The molecule has 4 heterocycles. The highest BCUT2D eigenvalue weighted by molar-refractivity contribution is 5.86. The first-order chi connectivity index (χ1) is 13.8. The average molecular weight is 381 g/mol. The van der Waals surface area contributed by atoms with Crippen molar-refractivity contribution in [2.45, 2.75) is 18.9 Å². The molecule has 2 aliphatic heterocycles. The molecule has 2 saturated heterocycles. The first-order valence-electron chi connectivity index (χ1n) is 9.94. The molecule has 0 saturated carbocycles. The second kappa shape index (κ2) is 7.39. The van der Waals surface area contributed by atoms with Crippen molar-refractivity contribution < 1.29 is 9.13 Å². The van der Waals surface area contributed by atoms with E-state index in [1.165, 1.54) is 11.8 Å². The molecule has 146 valence electrons. The van der Waals surface area contributed by atoms with Crippen LogP contribution in [0.4, 0.5) is 15.8 Å². The molecule has 5 rings (SSSR count). The lowest BCUT2D eigenvalue weighted by Crippen LogP contribution is -2.38. The Morgan fingerprint density at radius 2 is 1.93 bits per heavy atom. The molecule has 1 unspecified atom stereocenters. The zero-order chi connectivity index (χ0) is 18.9. The zero-order valence-electron chi connectivity index (χ0n) is 15.8. The lowest BCUT2D eigenvalue weighted by Gasteiger charge is -2.36. The van der Waals surface area contributed by atoms with Crippen molar-refractivity contribution in [3.05, 3.63) is 48.7 Å². The Labute approximate surface area is 163 Å². The molecule has 0 amide bonds. The highest BCUT2D eigenvalue weighted by Crippen LogP contribution is 2.32. The minimum absolute atomic E-state index is 0.188. The van der Waals surface area contributed by atoms with E-state index in [1.54, 1.807) is 12.1 Å². The van der Waals surface area contributed by atoms with E-state index in [1.807, 2.05) is 18.6 Å². The first kappa shape index (κ1) is 17.4. The molecule has 1 atom stereocenters. The summed E-state index contributed by atoms with van der Waals surface area (Å²) in [6, 6.07) is 9.24. The lowest BCUT2D eigenvalue weighted by molar-refractivity contribution is 0.123. The lowest BCUT2D eigenvalue weighted by atomic mass is 10.0. The number of fused-ring (bicyclic) bond motifs is 1. The van der Waals surface area contributed by atoms with Crippen LogP contribution in [0, 0.1) is 5.82 Å². The number of piperidine rings is 1. The van der Waals surface area contributed by atoms with Crippen LogP contribution in [0.25, 0.3) is 11.2 Å². The van der Waals surface area contributed by atoms with Crippen molar-refractivity contribution in [1.82, 2.24) is 14.5 Å². The van der Waals surface area contributed by atoms with E-state index in [0.29, 0.717) is 0 Å². The van der Waals surface area contributed by atoms with Gasteiger partial charge in [-0.3, -0.25) is 0 Å². The van der Waals surface area contributed by atoms with E-state index < -0.39 is 0 Å². The number of imidazole rings is 1. The van der Waals surface area contributed by atoms with Crippen LogP contribution in [0.5, 0.6) is 0 Å². The zero-order valence-corrected chi connectivity index (χ0v) is 15.8. The third-order valence-corrected chi connectivity index (χ3v) is 5.76. The van der Waals surface area contributed by atoms with Gasteiger partial charge >= 0.3 is 0 Å². The largest absolute Gasteiger partial charge is 0.378 e. The third kappa shape index (κ3) is 3.20. The van der Waals surface area contributed by atoms with Gasteiger partial charge in [0.05, 0.1) is 31.3 Å². The van der Waals surface area contributed by atoms with Crippen LogP contribution in [0.3, 0.4) is 0 Å². The van der Waals surface area contributed by atoms with Crippen LogP contribution in [0.1, 0.15) is 18.9 Å². The Hall–Kier alpha value is -2.67. The summed E-state index contributed by atoms with van der Waals surface area (Å²) in [5.74, 6) is -0.188. The van der Waals surface area contributed by atoms with E-state index in [0.717, 1.165) is 69.1 Å². The van der Waals surface area contributed by atoms with Gasteiger partial charge in [-0.05, 0) is 37.1 Å². The van der Waals surface area contributed by atoms with Gasteiger partial charge in [-0.25, -0.2) is 14.4 Å². The molecule has 1 aromatic carbocycles. The summed E-state index contributed by atoms with van der Waals surface area (Å²) >= 11 is 0. The number of morpholine rings is 1. The number of rotatable bonds is 3. The summed E-state index contributed by atoms with van der Waals surface area (Å²) in [6.45, 7) is 5.03. The monoisotopic (exact) mass is 381 g/mol. The Morgan fingerprint density at radius 1 is 1.04 bits per heavy atom. The van der Waals surface area contributed by atoms with Crippen LogP contribution < -0.4 is 9.80 Å². The van der Waals surface area contributed by atoms with Crippen LogP contribution in [0.2, 0.25) is 0 Å². The van der Waals surface area contributed by atoms with Crippen molar-refractivity contribution in [2.24, 2.45) is 0 Å². The molecular weight excluding hydrogens is 357 g/mol. The van der Waals surface area contributed by atoms with Crippen molar-refractivity contribution in [2.75, 3.05) is 49.2 Å². The normalized spacial score (nSPS) is 20.7. The van der Waals surface area contributed by atoms with Crippen molar-refractivity contribution in [3.8, 4) is 0 Å². The van der Waals surface area contributed by atoms with E-state index in [2.05, 4.69) is 30.4 Å². The number of anilines is 2. The first-order valence-corrected chi connectivity index (χ1v) is 9.94. The van der Waals surface area contributed by atoms with Crippen LogP contribution in [0.15, 0.2) is 42.9 Å². The van der Waals surface area contributed by atoms with E-state index >= 15 is 0 Å². The predicted octanol–water partition coefficient (Wildman–Crippen LogP) is 3.25. The Bertz CT molecular complexity index is 968. The van der Waals surface area contributed by atoms with Gasteiger partial charge in [0.1, 0.15) is 11.3 Å². The van der Waals surface area contributed by atoms with Crippen molar-refractivity contribution in [3.63, 3.8) is 0 Å². The van der Waals surface area contributed by atoms with Gasteiger partial charge in [0.25, 0.3) is 0 Å². The number of nitrogens with zero attached hydrogens (tertiary/aromatic N) is 5. The maximum Gasteiger partial charge on any atom is 0.179 e. The summed E-state index contributed by atoms with van der Waals surface area (Å²) < 4.78 is 21.5. The van der Waals surface area contributed by atoms with Gasteiger partial charge in [-0.1, -0.05) is 6.07 Å². The standard InChI is InChI=1S/C21H24FN5O/c22-16-3-1-4-17(13-16)26-8-2-5-18(14-26)27-15-24-21-20(27)19(6-7-23-21)25-9-11-28-12-10-25/h1,3-4,6-7,13,15,18H,2,5,8-12,14H2. The maximum atomic E-state index is 13.7. The summed E-state index contributed by atoms with van der Waals surface area (Å²) in [4.78, 5) is 13.7. The van der Waals surface area contributed by atoms with Gasteiger partial charge in [0.15, 0.2) is 5.65 Å². The molecule has 2 fully saturated rings. The molecule has 0 spiro atoms. The average Bonchev–Trinajstić information content (AvgIpc) is 3.19.